The topological polar surface area (TPSA) is 84.9 Å². The van der Waals surface area contributed by atoms with Crippen LogP contribution < -0.4 is 4.74 Å². The fraction of sp³-hybridized carbons (Fsp3) is 0.429. The number of rotatable bonds is 4. The van der Waals surface area contributed by atoms with Crippen molar-refractivity contribution in [2.75, 3.05) is 40.0 Å². The van der Waals surface area contributed by atoms with Crippen LogP contribution in [0.1, 0.15) is 45.3 Å². The summed E-state index contributed by atoms with van der Waals surface area (Å²) in [7, 11) is 1.54. The Hall–Kier alpha value is -3.00. The van der Waals surface area contributed by atoms with E-state index in [0.717, 1.165) is 18.5 Å². The zero-order chi connectivity index (χ0) is 20.2. The van der Waals surface area contributed by atoms with E-state index < -0.39 is 0 Å². The number of hydrogen-bond acceptors (Lipinski definition) is 6. The minimum Gasteiger partial charge on any atom is -0.481 e. The fourth-order valence-corrected chi connectivity index (χ4v) is 3.79. The number of carbonyl (C=O) groups is 2. The summed E-state index contributed by atoms with van der Waals surface area (Å²) in [5, 5.41) is 0. The van der Waals surface area contributed by atoms with Crippen molar-refractivity contribution >= 4 is 11.8 Å². The smallest absolute Gasteiger partial charge is 0.255 e. The number of nitrogens with zero attached hydrogens (tertiary/aromatic N) is 4. The molecular weight excluding hydrogens is 372 g/mol. The van der Waals surface area contributed by atoms with Gasteiger partial charge < -0.3 is 19.3 Å². The average molecular weight is 396 g/mol. The van der Waals surface area contributed by atoms with E-state index in [2.05, 4.69) is 9.97 Å². The lowest BCUT2D eigenvalue weighted by molar-refractivity contribution is 0.0302. The Morgan fingerprint density at radius 1 is 1.00 bits per heavy atom. The Kier molecular flexibility index (Phi) is 5.71. The number of ether oxygens (including phenoxy) is 2. The molecule has 2 aromatic heterocycles. The summed E-state index contributed by atoms with van der Waals surface area (Å²) in [5.74, 6) is 0.371. The SMILES string of the molecule is COc1ccc(C(=O)N2CCCC2c2ccc(C(=O)N3CCOCC3)cn2)cn1. The van der Waals surface area contributed by atoms with Crippen LogP contribution in [-0.2, 0) is 4.74 Å². The van der Waals surface area contributed by atoms with E-state index in [1.54, 1.807) is 36.4 Å². The Morgan fingerprint density at radius 2 is 1.72 bits per heavy atom. The average Bonchev–Trinajstić information content (AvgIpc) is 3.29. The van der Waals surface area contributed by atoms with Gasteiger partial charge in [-0.1, -0.05) is 0 Å². The number of amides is 2. The monoisotopic (exact) mass is 396 g/mol. The van der Waals surface area contributed by atoms with Gasteiger partial charge in [0, 0.05) is 38.1 Å². The van der Waals surface area contributed by atoms with Crippen molar-refractivity contribution in [1.82, 2.24) is 19.8 Å². The number of carbonyl (C=O) groups excluding carboxylic acids is 2. The fourth-order valence-electron chi connectivity index (χ4n) is 3.79. The number of likely N-dealkylation sites (tertiary alicyclic amines) is 1. The molecule has 0 aromatic carbocycles. The summed E-state index contributed by atoms with van der Waals surface area (Å²) in [5.41, 5.74) is 1.89. The summed E-state index contributed by atoms with van der Waals surface area (Å²) in [4.78, 5) is 37.8. The van der Waals surface area contributed by atoms with Crippen molar-refractivity contribution < 1.29 is 19.1 Å². The third kappa shape index (κ3) is 4.07. The van der Waals surface area contributed by atoms with Crippen LogP contribution >= 0.6 is 0 Å². The standard InChI is InChI=1S/C21H24N4O4/c1-28-19-7-5-16(14-23-19)21(27)25-8-2-3-18(25)17-6-4-15(13-22-17)20(26)24-9-11-29-12-10-24/h4-7,13-14,18H,2-3,8-12H2,1H3. The molecule has 1 unspecified atom stereocenters. The molecule has 2 aliphatic rings. The number of methoxy groups -OCH3 is 1. The van der Waals surface area contributed by atoms with Crippen molar-refractivity contribution in [3.8, 4) is 5.88 Å². The summed E-state index contributed by atoms with van der Waals surface area (Å²) >= 11 is 0. The molecule has 2 aromatic rings. The van der Waals surface area contributed by atoms with E-state index >= 15 is 0 Å². The molecule has 2 saturated heterocycles. The maximum absolute atomic E-state index is 13.0. The van der Waals surface area contributed by atoms with Crippen LogP contribution in [0.15, 0.2) is 36.7 Å². The third-order valence-corrected chi connectivity index (χ3v) is 5.38. The zero-order valence-corrected chi connectivity index (χ0v) is 16.4. The Labute approximate surface area is 169 Å². The van der Waals surface area contributed by atoms with Crippen molar-refractivity contribution in [1.29, 1.82) is 0 Å². The molecule has 0 bridgehead atoms. The maximum atomic E-state index is 13.0. The lowest BCUT2D eigenvalue weighted by Gasteiger charge is -2.27. The first-order valence-electron chi connectivity index (χ1n) is 9.81. The molecule has 0 N–H and O–H groups in total. The van der Waals surface area contributed by atoms with Crippen LogP contribution in [0.25, 0.3) is 0 Å². The summed E-state index contributed by atoms with van der Waals surface area (Å²) in [6.45, 7) is 3.00. The van der Waals surface area contributed by atoms with Crippen LogP contribution in [0.4, 0.5) is 0 Å². The van der Waals surface area contributed by atoms with Crippen molar-refractivity contribution in [2.45, 2.75) is 18.9 Å². The molecule has 4 heterocycles. The maximum Gasteiger partial charge on any atom is 0.255 e. The van der Waals surface area contributed by atoms with Gasteiger partial charge in [-0.2, -0.15) is 0 Å². The Balaban J connectivity index is 1.48. The highest BCUT2D eigenvalue weighted by Crippen LogP contribution is 2.32. The zero-order valence-electron chi connectivity index (χ0n) is 16.4. The lowest BCUT2D eigenvalue weighted by Crippen LogP contribution is -2.40. The second-order valence-corrected chi connectivity index (χ2v) is 7.12. The molecule has 8 heteroatoms. The minimum atomic E-state index is -0.0999. The first-order chi connectivity index (χ1) is 14.2. The highest BCUT2D eigenvalue weighted by atomic mass is 16.5. The highest BCUT2D eigenvalue weighted by Gasteiger charge is 2.32. The van der Waals surface area contributed by atoms with E-state index in [9.17, 15) is 9.59 Å². The Bertz CT molecular complexity index is 863. The number of hydrogen-bond donors (Lipinski definition) is 0. The molecule has 0 aliphatic carbocycles. The van der Waals surface area contributed by atoms with Gasteiger partial charge in [0.2, 0.25) is 5.88 Å². The number of pyridine rings is 2. The molecule has 1 atom stereocenters. The van der Waals surface area contributed by atoms with Crippen LogP contribution in [-0.4, -0.2) is 71.5 Å². The van der Waals surface area contributed by atoms with Crippen LogP contribution in [0.5, 0.6) is 5.88 Å². The van der Waals surface area contributed by atoms with Crippen LogP contribution in [0.3, 0.4) is 0 Å². The van der Waals surface area contributed by atoms with Gasteiger partial charge in [-0.15, -0.1) is 0 Å². The van der Waals surface area contributed by atoms with E-state index in [1.165, 1.54) is 6.20 Å². The Morgan fingerprint density at radius 3 is 2.38 bits per heavy atom. The van der Waals surface area contributed by atoms with Crippen LogP contribution in [0, 0.1) is 0 Å². The third-order valence-electron chi connectivity index (χ3n) is 5.38. The predicted molar refractivity (Wildman–Crippen MR) is 105 cm³/mol. The van der Waals surface area contributed by atoms with Crippen molar-refractivity contribution in [2.24, 2.45) is 0 Å². The van der Waals surface area contributed by atoms with Gasteiger partial charge in [-0.25, -0.2) is 4.98 Å². The summed E-state index contributed by atoms with van der Waals surface area (Å²) in [6.07, 6.45) is 4.91. The number of aromatic nitrogens is 2. The van der Waals surface area contributed by atoms with Crippen LogP contribution in [0.2, 0.25) is 0 Å². The first kappa shape index (κ1) is 19.3. The largest absolute Gasteiger partial charge is 0.481 e. The van der Waals surface area contributed by atoms with E-state index in [0.29, 0.717) is 49.9 Å². The molecule has 29 heavy (non-hydrogen) atoms. The lowest BCUT2D eigenvalue weighted by atomic mass is 10.1. The first-order valence-corrected chi connectivity index (χ1v) is 9.81. The molecule has 2 fully saturated rings. The molecule has 2 aliphatic heterocycles. The molecule has 2 amide bonds. The molecule has 0 spiro atoms. The summed E-state index contributed by atoms with van der Waals surface area (Å²) < 4.78 is 10.4. The van der Waals surface area contributed by atoms with Gasteiger partial charge in [0.15, 0.2) is 0 Å². The van der Waals surface area contributed by atoms with Crippen molar-refractivity contribution in [3.63, 3.8) is 0 Å². The van der Waals surface area contributed by atoms with E-state index in [-0.39, 0.29) is 17.9 Å². The van der Waals surface area contributed by atoms with Gasteiger partial charge in [0.1, 0.15) is 0 Å². The molecule has 8 nitrogen and oxygen atoms in total. The molecule has 4 rings (SSSR count). The van der Waals surface area contributed by atoms with Gasteiger partial charge in [0.25, 0.3) is 11.8 Å². The van der Waals surface area contributed by atoms with E-state index in [1.807, 2.05) is 11.0 Å². The quantitative estimate of drug-likeness (QED) is 0.785. The second-order valence-electron chi connectivity index (χ2n) is 7.12. The second kappa shape index (κ2) is 8.57. The molecule has 0 radical (unpaired) electrons. The minimum absolute atomic E-state index is 0.0315. The van der Waals surface area contributed by atoms with Gasteiger partial charge >= 0.3 is 0 Å². The summed E-state index contributed by atoms with van der Waals surface area (Å²) in [6, 6.07) is 6.97. The predicted octanol–water partition coefficient (Wildman–Crippen LogP) is 1.93. The highest BCUT2D eigenvalue weighted by molar-refractivity contribution is 5.95. The molecule has 152 valence electrons. The van der Waals surface area contributed by atoms with E-state index in [4.69, 9.17) is 9.47 Å². The van der Waals surface area contributed by atoms with Crippen molar-refractivity contribution in [3.05, 3.63) is 53.5 Å². The molecular formula is C21H24N4O4. The van der Waals surface area contributed by atoms with Gasteiger partial charge in [0.05, 0.1) is 43.2 Å². The van der Waals surface area contributed by atoms with Gasteiger partial charge in [-0.05, 0) is 31.0 Å². The molecule has 0 saturated carbocycles. The van der Waals surface area contributed by atoms with Gasteiger partial charge in [-0.3, -0.25) is 14.6 Å². The number of morpholine rings is 1. The normalized spacial score (nSPS) is 19.3.